The van der Waals surface area contributed by atoms with Gasteiger partial charge in [-0.25, -0.2) is 0 Å². The van der Waals surface area contributed by atoms with E-state index >= 15 is 0 Å². The van der Waals surface area contributed by atoms with Crippen molar-refractivity contribution >= 4 is 0 Å². The van der Waals surface area contributed by atoms with Crippen LogP contribution in [0, 0.1) is 24.7 Å². The van der Waals surface area contributed by atoms with Crippen LogP contribution in [0.15, 0.2) is 121 Å². The Labute approximate surface area is 293 Å². The summed E-state index contributed by atoms with van der Waals surface area (Å²) in [6.07, 6.45) is 13.0. The van der Waals surface area contributed by atoms with Crippen LogP contribution < -0.4 is 9.47 Å². The molecule has 0 saturated carbocycles. The van der Waals surface area contributed by atoms with Crippen LogP contribution in [-0.2, 0) is 38.9 Å². The molecule has 0 radical (unpaired) electrons. The van der Waals surface area contributed by atoms with Crippen LogP contribution in [0.25, 0.3) is 0 Å². The molecular formula is C46H36O4. The molecule has 0 atom stereocenters. The number of fused-ring (bicyclic) bond motifs is 8. The smallest absolute Gasteiger partial charge is 0.126 e. The molecule has 7 rings (SSSR count). The number of phenolic OH excluding ortho intramolecular Hbond substituents is 2. The van der Waals surface area contributed by atoms with Crippen molar-refractivity contribution in [3.05, 3.63) is 188 Å². The van der Waals surface area contributed by atoms with Crippen LogP contribution in [0.5, 0.6) is 23.0 Å². The van der Waals surface area contributed by atoms with Crippen molar-refractivity contribution in [2.75, 3.05) is 0 Å². The fraction of sp³-hybridized carbons (Fsp3) is 0.130. The average Bonchev–Trinajstić information content (AvgIpc) is 3.14. The molecule has 4 nitrogen and oxygen atoms in total. The molecule has 6 aromatic carbocycles. The molecule has 1 aliphatic carbocycles. The fourth-order valence-corrected chi connectivity index (χ4v) is 6.59. The normalized spacial score (nSPS) is 12.0. The van der Waals surface area contributed by atoms with E-state index in [9.17, 15) is 10.2 Å². The monoisotopic (exact) mass is 652 g/mol. The van der Waals surface area contributed by atoms with Gasteiger partial charge in [0, 0.05) is 36.8 Å². The molecule has 4 heteroatoms. The predicted octanol–water partition coefficient (Wildman–Crippen LogP) is 8.90. The third-order valence-electron chi connectivity index (χ3n) is 9.29. The van der Waals surface area contributed by atoms with Gasteiger partial charge < -0.3 is 19.7 Å². The standard InChI is InChI=1S/C46H36O4/c1-3-31-17-21-33(22-18-31)29-49-45-39-13-7-14-40(45)26-36-10-6-12-38(44(36)48)28-42-16-8-15-41(27-37-11-5-9-35(25-39)43(37)47)46(42)50-30-34-23-19-32(4-2)20-24-34/h1-2,5-24,47-48H,25-30H2. The maximum atomic E-state index is 11.7. The first kappa shape index (κ1) is 32.2. The number of terminal acetylenes is 2. The second-order valence-electron chi connectivity index (χ2n) is 12.6. The van der Waals surface area contributed by atoms with Gasteiger partial charge in [-0.1, -0.05) is 109 Å². The Morgan fingerprint density at radius 3 is 0.980 bits per heavy atom. The number of hydrogen-bond donors (Lipinski definition) is 2. The Kier molecular flexibility index (Phi) is 9.28. The van der Waals surface area contributed by atoms with E-state index in [0.29, 0.717) is 38.9 Å². The Hall–Kier alpha value is -6.36. The highest BCUT2D eigenvalue weighted by Gasteiger charge is 2.20. The molecule has 6 aromatic rings. The molecule has 8 bridgehead atoms. The van der Waals surface area contributed by atoms with Gasteiger partial charge in [-0.15, -0.1) is 12.8 Å². The summed E-state index contributed by atoms with van der Waals surface area (Å²) in [5.41, 5.74) is 10.6. The molecular weight excluding hydrogens is 617 g/mol. The molecule has 1 aliphatic rings. The van der Waals surface area contributed by atoms with Gasteiger partial charge in [-0.3, -0.25) is 0 Å². The highest BCUT2D eigenvalue weighted by Crippen LogP contribution is 2.38. The molecule has 0 heterocycles. The Bertz CT molecular complexity index is 2000. The maximum Gasteiger partial charge on any atom is 0.126 e. The molecule has 244 valence electrons. The van der Waals surface area contributed by atoms with Crippen molar-refractivity contribution in [3.63, 3.8) is 0 Å². The Morgan fingerprint density at radius 2 is 0.700 bits per heavy atom. The van der Waals surface area contributed by atoms with Gasteiger partial charge in [0.25, 0.3) is 0 Å². The summed E-state index contributed by atoms with van der Waals surface area (Å²) >= 11 is 0. The van der Waals surface area contributed by atoms with Gasteiger partial charge in [0.2, 0.25) is 0 Å². The molecule has 0 unspecified atom stereocenters. The lowest BCUT2D eigenvalue weighted by atomic mass is 9.91. The summed E-state index contributed by atoms with van der Waals surface area (Å²) < 4.78 is 13.2. The third kappa shape index (κ3) is 6.93. The zero-order valence-corrected chi connectivity index (χ0v) is 27.7. The van der Waals surface area contributed by atoms with E-state index in [1.165, 1.54) is 0 Å². The predicted molar refractivity (Wildman–Crippen MR) is 198 cm³/mol. The van der Waals surface area contributed by atoms with Gasteiger partial charge in [0.1, 0.15) is 36.2 Å². The third-order valence-corrected chi connectivity index (χ3v) is 9.29. The van der Waals surface area contributed by atoms with Crippen LogP contribution >= 0.6 is 0 Å². The van der Waals surface area contributed by atoms with Gasteiger partial charge in [-0.2, -0.15) is 0 Å². The van der Waals surface area contributed by atoms with E-state index in [2.05, 4.69) is 11.8 Å². The zero-order valence-electron chi connectivity index (χ0n) is 27.7. The van der Waals surface area contributed by atoms with E-state index in [-0.39, 0.29) is 11.5 Å². The Balaban J connectivity index is 1.30. The summed E-state index contributed by atoms with van der Waals surface area (Å²) in [5.74, 6) is 7.31. The summed E-state index contributed by atoms with van der Waals surface area (Å²) in [6.45, 7) is 0.691. The van der Waals surface area contributed by atoms with Crippen molar-refractivity contribution in [1.29, 1.82) is 0 Å². The second-order valence-corrected chi connectivity index (χ2v) is 12.6. The van der Waals surface area contributed by atoms with Crippen molar-refractivity contribution in [3.8, 4) is 47.7 Å². The van der Waals surface area contributed by atoms with Crippen molar-refractivity contribution in [2.24, 2.45) is 0 Å². The molecule has 0 fully saturated rings. The molecule has 0 aliphatic heterocycles. The number of aromatic hydroxyl groups is 2. The van der Waals surface area contributed by atoms with Crippen LogP contribution in [0.1, 0.15) is 66.8 Å². The van der Waals surface area contributed by atoms with E-state index in [0.717, 1.165) is 78.3 Å². The lowest BCUT2D eigenvalue weighted by molar-refractivity contribution is 0.300. The van der Waals surface area contributed by atoms with E-state index in [1.54, 1.807) is 0 Å². The number of para-hydroxylation sites is 4. The highest BCUT2D eigenvalue weighted by molar-refractivity contribution is 5.55. The van der Waals surface area contributed by atoms with E-state index < -0.39 is 0 Å². The van der Waals surface area contributed by atoms with Gasteiger partial charge in [0.05, 0.1) is 0 Å². The van der Waals surface area contributed by atoms with Gasteiger partial charge in [0.15, 0.2) is 0 Å². The fourth-order valence-electron chi connectivity index (χ4n) is 6.59. The van der Waals surface area contributed by atoms with Crippen LogP contribution in [0.3, 0.4) is 0 Å². The number of hydrogen-bond acceptors (Lipinski definition) is 4. The average molecular weight is 653 g/mol. The minimum atomic E-state index is 0.255. The summed E-state index contributed by atoms with van der Waals surface area (Å²) in [5, 5.41) is 23.4. The first-order chi connectivity index (χ1) is 24.5. The van der Waals surface area contributed by atoms with Crippen molar-refractivity contribution in [2.45, 2.75) is 38.9 Å². The molecule has 2 N–H and O–H groups in total. The van der Waals surface area contributed by atoms with Crippen molar-refractivity contribution < 1.29 is 19.7 Å². The highest BCUT2D eigenvalue weighted by atomic mass is 16.5. The minimum Gasteiger partial charge on any atom is -0.507 e. The first-order valence-electron chi connectivity index (χ1n) is 16.7. The number of phenols is 2. The van der Waals surface area contributed by atoms with E-state index in [4.69, 9.17) is 22.3 Å². The molecule has 0 amide bonds. The summed E-state index contributed by atoms with van der Waals surface area (Å²) in [4.78, 5) is 0. The summed E-state index contributed by atoms with van der Waals surface area (Å²) in [6, 6.07) is 39.5. The SMILES string of the molecule is C#Cc1ccc(COc2c3cccc2Cc2cccc(c2O)Cc2cccc(c2OCc2ccc(C#C)cc2)Cc2cccc(c2O)C3)cc1. The zero-order chi connectivity index (χ0) is 34.5. The molecule has 0 aromatic heterocycles. The largest absolute Gasteiger partial charge is 0.507 e. The van der Waals surface area contributed by atoms with Gasteiger partial charge in [-0.05, 0) is 79.9 Å². The maximum absolute atomic E-state index is 11.7. The van der Waals surface area contributed by atoms with Crippen LogP contribution in [-0.4, -0.2) is 10.2 Å². The van der Waals surface area contributed by atoms with Gasteiger partial charge >= 0.3 is 0 Å². The lowest BCUT2D eigenvalue weighted by Gasteiger charge is -2.20. The topological polar surface area (TPSA) is 58.9 Å². The molecule has 0 saturated heterocycles. The minimum absolute atomic E-state index is 0.255. The lowest BCUT2D eigenvalue weighted by Crippen LogP contribution is -2.06. The number of ether oxygens (including phenoxy) is 2. The Morgan fingerprint density at radius 1 is 0.420 bits per heavy atom. The molecule has 0 spiro atoms. The first-order valence-corrected chi connectivity index (χ1v) is 16.7. The van der Waals surface area contributed by atoms with Crippen molar-refractivity contribution in [1.82, 2.24) is 0 Å². The number of rotatable bonds is 6. The number of benzene rings is 6. The van der Waals surface area contributed by atoms with Crippen LogP contribution in [0.2, 0.25) is 0 Å². The van der Waals surface area contributed by atoms with Crippen LogP contribution in [0.4, 0.5) is 0 Å². The van der Waals surface area contributed by atoms with E-state index in [1.807, 2.05) is 121 Å². The summed E-state index contributed by atoms with van der Waals surface area (Å²) in [7, 11) is 0. The quantitative estimate of drug-likeness (QED) is 0.176. The second kappa shape index (κ2) is 14.4. The molecule has 50 heavy (non-hydrogen) atoms.